The average Bonchev–Trinajstić information content (AvgIpc) is 2.20. The summed E-state index contributed by atoms with van der Waals surface area (Å²) in [4.78, 5) is 11.0. The van der Waals surface area contributed by atoms with E-state index in [-0.39, 0.29) is 5.91 Å². The monoisotopic (exact) mass is 242 g/mol. The lowest BCUT2D eigenvalue weighted by Gasteiger charge is -2.15. The van der Waals surface area contributed by atoms with Crippen LogP contribution in [-0.4, -0.2) is 17.6 Å². The third-order valence-electron chi connectivity index (χ3n) is 2.12. The SMILES string of the molecule is CC(=O)Nc1ccc(Cl)cc1C(O)CCN. The highest BCUT2D eigenvalue weighted by Gasteiger charge is 2.13. The Labute approximate surface area is 99.4 Å². The molecule has 0 saturated heterocycles. The molecule has 0 heterocycles. The Morgan fingerprint density at radius 1 is 1.62 bits per heavy atom. The maximum atomic E-state index is 11.0. The topological polar surface area (TPSA) is 75.3 Å². The van der Waals surface area contributed by atoms with Crippen molar-refractivity contribution in [3.63, 3.8) is 0 Å². The number of halogens is 1. The number of aliphatic hydroxyl groups is 1. The number of anilines is 1. The molecule has 1 aromatic carbocycles. The van der Waals surface area contributed by atoms with Gasteiger partial charge in [0.1, 0.15) is 0 Å². The number of nitrogens with one attached hydrogen (secondary N) is 1. The van der Waals surface area contributed by atoms with Gasteiger partial charge in [-0.2, -0.15) is 0 Å². The van der Waals surface area contributed by atoms with Crippen molar-refractivity contribution in [1.29, 1.82) is 0 Å². The molecule has 1 aromatic rings. The van der Waals surface area contributed by atoms with Crippen LogP contribution in [0.3, 0.4) is 0 Å². The Kier molecular flexibility index (Phi) is 4.73. The largest absolute Gasteiger partial charge is 0.388 e. The summed E-state index contributed by atoms with van der Waals surface area (Å²) in [6.07, 6.45) is -0.294. The van der Waals surface area contributed by atoms with Crippen LogP contribution >= 0.6 is 11.6 Å². The third kappa shape index (κ3) is 3.48. The van der Waals surface area contributed by atoms with Gasteiger partial charge in [0.25, 0.3) is 0 Å². The highest BCUT2D eigenvalue weighted by atomic mass is 35.5. The number of carbonyl (C=O) groups is 1. The molecule has 1 atom stereocenters. The number of hydrogen-bond donors (Lipinski definition) is 3. The molecule has 0 bridgehead atoms. The van der Waals surface area contributed by atoms with Crippen LogP contribution in [0.5, 0.6) is 0 Å². The summed E-state index contributed by atoms with van der Waals surface area (Å²) in [6.45, 7) is 1.78. The molecule has 0 aliphatic rings. The summed E-state index contributed by atoms with van der Waals surface area (Å²) in [6, 6.07) is 4.96. The van der Waals surface area contributed by atoms with E-state index in [2.05, 4.69) is 5.32 Å². The molecule has 1 unspecified atom stereocenters. The fourth-order valence-electron chi connectivity index (χ4n) is 1.43. The standard InChI is InChI=1S/C11H15ClN2O2/c1-7(15)14-10-3-2-8(12)6-9(10)11(16)4-5-13/h2-3,6,11,16H,4-5,13H2,1H3,(H,14,15). The minimum atomic E-state index is -0.717. The quantitative estimate of drug-likeness (QED) is 0.752. The predicted octanol–water partition coefficient (Wildman–Crippen LogP) is 1.68. The summed E-state index contributed by atoms with van der Waals surface area (Å²) >= 11 is 5.84. The van der Waals surface area contributed by atoms with Gasteiger partial charge < -0.3 is 16.2 Å². The number of aliphatic hydroxyl groups excluding tert-OH is 1. The Balaban J connectivity index is 3.02. The van der Waals surface area contributed by atoms with Gasteiger partial charge in [0.05, 0.1) is 6.10 Å². The fraction of sp³-hybridized carbons (Fsp3) is 0.364. The van der Waals surface area contributed by atoms with Crippen LogP contribution in [0.25, 0.3) is 0 Å². The number of amides is 1. The van der Waals surface area contributed by atoms with Crippen LogP contribution in [0, 0.1) is 0 Å². The summed E-state index contributed by atoms with van der Waals surface area (Å²) in [7, 11) is 0. The highest BCUT2D eigenvalue weighted by molar-refractivity contribution is 6.30. The van der Waals surface area contributed by atoms with E-state index in [4.69, 9.17) is 17.3 Å². The van der Waals surface area contributed by atoms with Gasteiger partial charge in [0.2, 0.25) is 5.91 Å². The van der Waals surface area contributed by atoms with Gasteiger partial charge in [-0.15, -0.1) is 0 Å². The Hall–Kier alpha value is -1.10. The number of nitrogens with two attached hydrogens (primary N) is 1. The third-order valence-corrected chi connectivity index (χ3v) is 2.36. The second-order valence-corrected chi connectivity index (χ2v) is 3.94. The van der Waals surface area contributed by atoms with E-state index in [0.717, 1.165) is 0 Å². The average molecular weight is 243 g/mol. The zero-order valence-corrected chi connectivity index (χ0v) is 9.79. The minimum Gasteiger partial charge on any atom is -0.388 e. The van der Waals surface area contributed by atoms with Gasteiger partial charge >= 0.3 is 0 Å². The molecule has 88 valence electrons. The van der Waals surface area contributed by atoms with Crippen molar-refractivity contribution < 1.29 is 9.90 Å². The molecule has 0 spiro atoms. The molecule has 4 N–H and O–H groups in total. The molecular formula is C11H15ClN2O2. The van der Waals surface area contributed by atoms with Crippen molar-refractivity contribution in [2.45, 2.75) is 19.4 Å². The smallest absolute Gasteiger partial charge is 0.221 e. The molecule has 0 aromatic heterocycles. The van der Waals surface area contributed by atoms with E-state index in [1.54, 1.807) is 18.2 Å². The molecule has 0 radical (unpaired) electrons. The van der Waals surface area contributed by atoms with Crippen LogP contribution in [0.15, 0.2) is 18.2 Å². The van der Waals surface area contributed by atoms with E-state index in [1.165, 1.54) is 6.92 Å². The van der Waals surface area contributed by atoms with Crippen LogP contribution in [0.4, 0.5) is 5.69 Å². The van der Waals surface area contributed by atoms with Crippen LogP contribution in [-0.2, 0) is 4.79 Å². The predicted molar refractivity (Wildman–Crippen MR) is 64.4 cm³/mol. The maximum absolute atomic E-state index is 11.0. The summed E-state index contributed by atoms with van der Waals surface area (Å²) in [5.74, 6) is -0.191. The van der Waals surface area contributed by atoms with Crippen molar-refractivity contribution in [1.82, 2.24) is 0 Å². The number of benzene rings is 1. The molecule has 0 fully saturated rings. The van der Waals surface area contributed by atoms with Crippen LogP contribution in [0.2, 0.25) is 5.02 Å². The first-order valence-electron chi connectivity index (χ1n) is 4.99. The summed E-state index contributed by atoms with van der Waals surface area (Å²) in [5.41, 5.74) is 6.53. The van der Waals surface area contributed by atoms with Gasteiger partial charge in [-0.1, -0.05) is 11.6 Å². The molecule has 16 heavy (non-hydrogen) atoms. The van der Waals surface area contributed by atoms with Gasteiger partial charge in [-0.25, -0.2) is 0 Å². The highest BCUT2D eigenvalue weighted by Crippen LogP contribution is 2.28. The second-order valence-electron chi connectivity index (χ2n) is 3.51. The first-order chi connectivity index (χ1) is 7.54. The molecule has 5 heteroatoms. The molecule has 0 aliphatic carbocycles. The summed E-state index contributed by atoms with van der Waals surface area (Å²) < 4.78 is 0. The molecule has 0 saturated carbocycles. The molecule has 1 rings (SSSR count). The normalized spacial score (nSPS) is 12.2. The Bertz CT molecular complexity index is 382. The van der Waals surface area contributed by atoms with Crippen LogP contribution < -0.4 is 11.1 Å². The van der Waals surface area contributed by atoms with E-state index in [9.17, 15) is 9.90 Å². The van der Waals surface area contributed by atoms with Gasteiger partial charge in [0, 0.05) is 23.2 Å². The molecule has 4 nitrogen and oxygen atoms in total. The first-order valence-corrected chi connectivity index (χ1v) is 5.37. The number of rotatable bonds is 4. The first kappa shape index (κ1) is 13.0. The number of hydrogen-bond acceptors (Lipinski definition) is 3. The van der Waals surface area contributed by atoms with Crippen molar-refractivity contribution >= 4 is 23.2 Å². The van der Waals surface area contributed by atoms with Crippen molar-refractivity contribution in [3.8, 4) is 0 Å². The second kappa shape index (κ2) is 5.84. The van der Waals surface area contributed by atoms with Gasteiger partial charge in [-0.3, -0.25) is 4.79 Å². The molecule has 1 amide bonds. The van der Waals surface area contributed by atoms with Gasteiger partial charge in [0.15, 0.2) is 0 Å². The van der Waals surface area contributed by atoms with E-state index in [0.29, 0.717) is 29.2 Å². The minimum absolute atomic E-state index is 0.191. The molecule has 0 aliphatic heterocycles. The maximum Gasteiger partial charge on any atom is 0.221 e. The van der Waals surface area contributed by atoms with Crippen molar-refractivity contribution in [2.24, 2.45) is 5.73 Å². The Morgan fingerprint density at radius 3 is 2.88 bits per heavy atom. The zero-order valence-electron chi connectivity index (χ0n) is 9.03. The van der Waals surface area contributed by atoms with Crippen molar-refractivity contribution in [3.05, 3.63) is 28.8 Å². The lowest BCUT2D eigenvalue weighted by Crippen LogP contribution is -2.12. The lowest BCUT2D eigenvalue weighted by molar-refractivity contribution is -0.114. The van der Waals surface area contributed by atoms with E-state index in [1.807, 2.05) is 0 Å². The van der Waals surface area contributed by atoms with Gasteiger partial charge in [-0.05, 0) is 31.2 Å². The van der Waals surface area contributed by atoms with Crippen LogP contribution in [0.1, 0.15) is 25.0 Å². The lowest BCUT2D eigenvalue weighted by atomic mass is 10.0. The summed E-state index contributed by atoms with van der Waals surface area (Å²) in [5, 5.41) is 13.0. The zero-order chi connectivity index (χ0) is 12.1. The van der Waals surface area contributed by atoms with Crippen molar-refractivity contribution in [2.75, 3.05) is 11.9 Å². The molecular weight excluding hydrogens is 228 g/mol. The fourth-order valence-corrected chi connectivity index (χ4v) is 1.61. The Morgan fingerprint density at radius 2 is 2.31 bits per heavy atom. The number of carbonyl (C=O) groups excluding carboxylic acids is 1. The van der Waals surface area contributed by atoms with E-state index >= 15 is 0 Å². The van der Waals surface area contributed by atoms with E-state index < -0.39 is 6.10 Å².